The second kappa shape index (κ2) is 12.1. The van der Waals surface area contributed by atoms with Crippen LogP contribution in [0.3, 0.4) is 0 Å². The molecule has 3 amide bonds. The third kappa shape index (κ3) is 6.64. The summed E-state index contributed by atoms with van der Waals surface area (Å²) in [5, 5.41) is 12.5. The van der Waals surface area contributed by atoms with Gasteiger partial charge in [0.15, 0.2) is 0 Å². The van der Waals surface area contributed by atoms with E-state index in [-0.39, 0.29) is 30.9 Å². The zero-order chi connectivity index (χ0) is 23.6. The van der Waals surface area contributed by atoms with Crippen molar-refractivity contribution >= 4 is 29.3 Å². The molecule has 11 heteroatoms. The Morgan fingerprint density at radius 2 is 2.12 bits per heavy atom. The first-order chi connectivity index (χ1) is 16.0. The van der Waals surface area contributed by atoms with Gasteiger partial charge in [0.1, 0.15) is 29.0 Å². The van der Waals surface area contributed by atoms with Crippen molar-refractivity contribution in [2.75, 3.05) is 26.8 Å². The number of ether oxygens (including phenoxy) is 2. The summed E-state index contributed by atoms with van der Waals surface area (Å²) in [6.45, 7) is 2.80. The number of methoxy groups -OCH3 is 1. The van der Waals surface area contributed by atoms with Crippen LogP contribution in [0.1, 0.15) is 58.3 Å². The molecule has 1 aliphatic heterocycles. The highest BCUT2D eigenvalue weighted by Crippen LogP contribution is 2.25. The number of nitrogens with one attached hydrogen (secondary N) is 3. The van der Waals surface area contributed by atoms with Crippen molar-refractivity contribution in [3.63, 3.8) is 0 Å². The van der Waals surface area contributed by atoms with Crippen molar-refractivity contribution in [3.05, 3.63) is 34.3 Å². The normalized spacial score (nSPS) is 17.6. The molecule has 0 aliphatic carbocycles. The van der Waals surface area contributed by atoms with E-state index in [9.17, 15) is 14.4 Å². The van der Waals surface area contributed by atoms with Gasteiger partial charge in [0, 0.05) is 12.6 Å². The zero-order valence-electron chi connectivity index (χ0n) is 18.8. The summed E-state index contributed by atoms with van der Waals surface area (Å²) in [5.41, 5.74) is 1.05. The van der Waals surface area contributed by atoms with Crippen molar-refractivity contribution in [2.45, 2.75) is 45.1 Å². The summed E-state index contributed by atoms with van der Waals surface area (Å²) in [5.74, 6) is 0.0760. The minimum atomic E-state index is -0.708. The van der Waals surface area contributed by atoms with E-state index in [1.807, 2.05) is 6.92 Å². The first-order valence-corrected chi connectivity index (χ1v) is 11.8. The van der Waals surface area contributed by atoms with Crippen LogP contribution in [-0.2, 0) is 11.2 Å². The first-order valence-electron chi connectivity index (χ1n) is 11.0. The predicted molar refractivity (Wildman–Crippen MR) is 123 cm³/mol. The lowest BCUT2D eigenvalue weighted by molar-refractivity contribution is -0.123. The maximum absolute atomic E-state index is 12.8. The maximum Gasteiger partial charge on any atom is 0.265 e. The van der Waals surface area contributed by atoms with Crippen LogP contribution in [0.4, 0.5) is 0 Å². The molecule has 1 atom stereocenters. The average Bonchev–Trinajstić information content (AvgIpc) is 3.28. The third-order valence-corrected chi connectivity index (χ3v) is 5.93. The molecule has 1 aromatic carbocycles. The Morgan fingerprint density at radius 1 is 1.27 bits per heavy atom. The van der Waals surface area contributed by atoms with Gasteiger partial charge >= 0.3 is 0 Å². The molecule has 1 aliphatic rings. The monoisotopic (exact) mass is 475 g/mol. The minimum absolute atomic E-state index is 0.152. The quantitative estimate of drug-likeness (QED) is 0.600. The predicted octanol–water partition coefficient (Wildman–Crippen LogP) is 1.71. The number of fused-ring (bicyclic) bond motifs is 1. The molecule has 0 bridgehead atoms. The molecule has 0 saturated carbocycles. The van der Waals surface area contributed by atoms with Gasteiger partial charge in [0.25, 0.3) is 11.8 Å². The molecule has 3 N–H and O–H groups in total. The van der Waals surface area contributed by atoms with Crippen LogP contribution >= 0.6 is 11.5 Å². The molecule has 2 aromatic rings. The van der Waals surface area contributed by atoms with Crippen LogP contribution in [0.2, 0.25) is 0 Å². The molecule has 0 unspecified atom stereocenters. The lowest BCUT2D eigenvalue weighted by Gasteiger charge is -2.19. The average molecular weight is 476 g/mol. The number of aromatic nitrogens is 2. The van der Waals surface area contributed by atoms with Crippen LogP contribution < -0.4 is 25.4 Å². The van der Waals surface area contributed by atoms with Crippen LogP contribution in [0.25, 0.3) is 0 Å². The van der Waals surface area contributed by atoms with Gasteiger partial charge in [-0.25, -0.2) is 0 Å². The summed E-state index contributed by atoms with van der Waals surface area (Å²) >= 11 is 1.03. The number of hydrogen-bond donors (Lipinski definition) is 3. The fraction of sp³-hybridized carbons (Fsp3) is 0.500. The first kappa shape index (κ1) is 24.4. The molecule has 178 valence electrons. The second-order valence-electron chi connectivity index (χ2n) is 7.58. The van der Waals surface area contributed by atoms with Gasteiger partial charge in [0.05, 0.1) is 24.9 Å². The largest absolute Gasteiger partial charge is 0.497 e. The van der Waals surface area contributed by atoms with Crippen LogP contribution in [0, 0.1) is 0 Å². The fourth-order valence-corrected chi connectivity index (χ4v) is 4.05. The summed E-state index contributed by atoms with van der Waals surface area (Å²) in [6, 6.07) is 4.29. The second-order valence-corrected chi connectivity index (χ2v) is 8.33. The van der Waals surface area contributed by atoms with Crippen molar-refractivity contribution in [2.24, 2.45) is 0 Å². The topological polar surface area (TPSA) is 132 Å². The highest BCUT2D eigenvalue weighted by atomic mass is 32.1. The number of benzene rings is 1. The van der Waals surface area contributed by atoms with Gasteiger partial charge in [-0.15, -0.1) is 5.10 Å². The summed E-state index contributed by atoms with van der Waals surface area (Å²) < 4.78 is 14.9. The minimum Gasteiger partial charge on any atom is -0.497 e. The Morgan fingerprint density at radius 3 is 2.91 bits per heavy atom. The lowest BCUT2D eigenvalue weighted by atomic mass is 10.1. The van der Waals surface area contributed by atoms with Crippen molar-refractivity contribution in [1.82, 2.24) is 25.5 Å². The Labute approximate surface area is 196 Å². The molecule has 2 heterocycles. The Hall–Kier alpha value is -3.21. The Bertz CT molecular complexity index is 980. The number of hydrogen-bond acceptors (Lipinski definition) is 8. The van der Waals surface area contributed by atoms with Crippen molar-refractivity contribution in [3.8, 4) is 11.5 Å². The zero-order valence-corrected chi connectivity index (χ0v) is 19.6. The van der Waals surface area contributed by atoms with E-state index in [0.717, 1.165) is 18.0 Å². The van der Waals surface area contributed by atoms with E-state index in [4.69, 9.17) is 9.47 Å². The van der Waals surface area contributed by atoms with Crippen LogP contribution in [0.15, 0.2) is 18.2 Å². The molecule has 0 radical (unpaired) electrons. The number of carbonyl (C=O) groups excluding carboxylic acids is 3. The maximum atomic E-state index is 12.8. The number of amides is 3. The van der Waals surface area contributed by atoms with E-state index in [0.29, 0.717) is 59.9 Å². The number of carbonyl (C=O) groups is 3. The fourth-order valence-electron chi connectivity index (χ4n) is 3.44. The molecular weight excluding hydrogens is 446 g/mol. The number of aryl methyl sites for hydroxylation is 1. The Kier molecular flexibility index (Phi) is 8.99. The van der Waals surface area contributed by atoms with Gasteiger partial charge in [-0.2, -0.15) is 0 Å². The number of rotatable bonds is 5. The Balaban J connectivity index is 1.68. The molecule has 10 nitrogen and oxygen atoms in total. The summed E-state index contributed by atoms with van der Waals surface area (Å²) in [6.07, 6.45) is 3.24. The highest BCUT2D eigenvalue weighted by molar-refractivity contribution is 7.08. The molecule has 1 aromatic heterocycles. The van der Waals surface area contributed by atoms with Gasteiger partial charge < -0.3 is 25.4 Å². The number of nitrogens with zero attached hydrogens (tertiary/aromatic N) is 2. The van der Waals surface area contributed by atoms with E-state index >= 15 is 0 Å². The molecule has 0 fully saturated rings. The lowest BCUT2D eigenvalue weighted by Crippen LogP contribution is -2.47. The van der Waals surface area contributed by atoms with Gasteiger partial charge in [0.2, 0.25) is 5.91 Å². The third-order valence-electron chi connectivity index (χ3n) is 5.17. The van der Waals surface area contributed by atoms with E-state index in [1.165, 1.54) is 7.11 Å². The van der Waals surface area contributed by atoms with E-state index in [1.54, 1.807) is 18.2 Å². The molecular formula is C22H29N5O5S. The highest BCUT2D eigenvalue weighted by Gasteiger charge is 2.24. The van der Waals surface area contributed by atoms with Gasteiger partial charge in [-0.3, -0.25) is 14.4 Å². The van der Waals surface area contributed by atoms with Gasteiger partial charge in [-0.05, 0) is 49.3 Å². The summed E-state index contributed by atoms with van der Waals surface area (Å²) in [7, 11) is 1.53. The molecule has 0 saturated heterocycles. The van der Waals surface area contributed by atoms with Crippen LogP contribution in [-0.4, -0.2) is 60.2 Å². The van der Waals surface area contributed by atoms with Crippen LogP contribution in [0.5, 0.6) is 11.5 Å². The van der Waals surface area contributed by atoms with Crippen molar-refractivity contribution in [1.29, 1.82) is 0 Å². The molecule has 0 spiro atoms. The van der Waals surface area contributed by atoms with Gasteiger partial charge in [-0.1, -0.05) is 17.8 Å². The standard InChI is InChI=1S/C22H29N5O5S/c1-3-6-16-19(33-27-26-16)22(30)25-17-7-4-5-10-23-20(28)15-9-8-14(31-2)13-18(15)32-12-11-24-21(17)29/h8-9,13,17H,3-7,10-12H2,1-2H3,(H,23,28)(H,24,29)(H,25,30)/t17-/m0/s1. The smallest absolute Gasteiger partial charge is 0.265 e. The summed E-state index contributed by atoms with van der Waals surface area (Å²) in [4.78, 5) is 38.6. The SMILES string of the molecule is CCCc1nnsc1C(=O)N[C@H]1CCCCNC(=O)c2ccc(OC)cc2OCCNC1=O. The van der Waals surface area contributed by atoms with E-state index < -0.39 is 6.04 Å². The van der Waals surface area contributed by atoms with Crippen molar-refractivity contribution < 1.29 is 23.9 Å². The molecule has 3 rings (SSSR count). The van der Waals surface area contributed by atoms with E-state index in [2.05, 4.69) is 25.5 Å². The molecule has 33 heavy (non-hydrogen) atoms.